The number of carbonyl (C=O) groups excluding carboxylic acids is 1. The highest BCUT2D eigenvalue weighted by molar-refractivity contribution is 7.23. The van der Waals surface area contributed by atoms with E-state index in [-0.39, 0.29) is 17.8 Å². The van der Waals surface area contributed by atoms with Crippen LogP contribution in [0.15, 0.2) is 22.7 Å². The third-order valence-corrected chi connectivity index (χ3v) is 5.93. The quantitative estimate of drug-likeness (QED) is 0.634. The summed E-state index contributed by atoms with van der Waals surface area (Å²) < 4.78 is 17.1. The third kappa shape index (κ3) is 3.52. The smallest absolute Gasteiger partial charge is 0.298 e. The Morgan fingerprint density at radius 3 is 3.00 bits per heavy atom. The van der Waals surface area contributed by atoms with Crippen LogP contribution in [-0.4, -0.2) is 42.4 Å². The van der Waals surface area contributed by atoms with E-state index in [0.717, 1.165) is 17.5 Å². The van der Waals surface area contributed by atoms with E-state index in [4.69, 9.17) is 25.6 Å². The molecule has 3 aromatic rings. The Morgan fingerprint density at radius 2 is 2.33 bits per heavy atom. The van der Waals surface area contributed by atoms with Crippen LogP contribution in [0.3, 0.4) is 0 Å². The molecule has 0 radical (unpaired) electrons. The van der Waals surface area contributed by atoms with Crippen molar-refractivity contribution in [3.05, 3.63) is 34.7 Å². The SMILES string of the molecule is COc1ccc(Cl)c2sc(N(C[C@@H]3CCCO3)C(=O)c3cc(C)no3)nc12. The average molecular weight is 408 g/mol. The average Bonchev–Trinajstić information content (AvgIpc) is 3.40. The number of fused-ring (bicyclic) bond motifs is 1. The normalized spacial score (nSPS) is 16.8. The van der Waals surface area contributed by atoms with Crippen LogP contribution in [0.25, 0.3) is 10.2 Å². The lowest BCUT2D eigenvalue weighted by atomic mass is 10.2. The zero-order valence-corrected chi connectivity index (χ0v) is 16.5. The van der Waals surface area contributed by atoms with Crippen LogP contribution in [0.5, 0.6) is 5.75 Å². The van der Waals surface area contributed by atoms with Gasteiger partial charge in [-0.2, -0.15) is 0 Å². The number of hydrogen-bond donors (Lipinski definition) is 0. The number of aromatic nitrogens is 2. The van der Waals surface area contributed by atoms with Crippen LogP contribution < -0.4 is 9.64 Å². The maximum absolute atomic E-state index is 13.1. The minimum atomic E-state index is -0.305. The molecule has 0 unspecified atom stereocenters. The molecule has 3 heterocycles. The highest BCUT2D eigenvalue weighted by Gasteiger charge is 2.29. The van der Waals surface area contributed by atoms with E-state index in [2.05, 4.69) is 10.1 Å². The number of aryl methyl sites for hydroxylation is 1. The van der Waals surface area contributed by atoms with Gasteiger partial charge in [-0.05, 0) is 31.9 Å². The summed E-state index contributed by atoms with van der Waals surface area (Å²) in [5.41, 5.74) is 1.27. The Labute approximate surface area is 164 Å². The molecule has 1 aliphatic heterocycles. The van der Waals surface area contributed by atoms with Gasteiger partial charge in [0.2, 0.25) is 5.76 Å². The van der Waals surface area contributed by atoms with E-state index < -0.39 is 0 Å². The minimum absolute atomic E-state index is 0.0395. The van der Waals surface area contributed by atoms with E-state index in [0.29, 0.717) is 40.3 Å². The largest absolute Gasteiger partial charge is 0.494 e. The fourth-order valence-electron chi connectivity index (χ4n) is 3.06. The van der Waals surface area contributed by atoms with Crippen molar-refractivity contribution in [1.29, 1.82) is 0 Å². The number of nitrogens with zero attached hydrogens (tertiary/aromatic N) is 3. The summed E-state index contributed by atoms with van der Waals surface area (Å²) in [4.78, 5) is 19.3. The van der Waals surface area contributed by atoms with Crippen LogP contribution in [0.2, 0.25) is 5.02 Å². The lowest BCUT2D eigenvalue weighted by Crippen LogP contribution is -2.37. The van der Waals surface area contributed by atoms with E-state index >= 15 is 0 Å². The summed E-state index contributed by atoms with van der Waals surface area (Å²) in [5.74, 6) is 0.472. The molecule has 0 saturated carbocycles. The lowest BCUT2D eigenvalue weighted by molar-refractivity contribution is 0.0887. The summed E-state index contributed by atoms with van der Waals surface area (Å²) in [7, 11) is 1.58. The molecule has 142 valence electrons. The van der Waals surface area contributed by atoms with Crippen LogP contribution in [0, 0.1) is 6.92 Å². The summed E-state index contributed by atoms with van der Waals surface area (Å²) in [6.07, 6.45) is 1.84. The number of anilines is 1. The second-order valence-corrected chi connectivity index (χ2v) is 7.69. The predicted octanol–water partition coefficient (Wildman–Crippen LogP) is 4.08. The van der Waals surface area contributed by atoms with Crippen LogP contribution >= 0.6 is 22.9 Å². The minimum Gasteiger partial charge on any atom is -0.494 e. The first-order valence-corrected chi connectivity index (χ1v) is 9.76. The number of carbonyl (C=O) groups is 1. The molecule has 7 nitrogen and oxygen atoms in total. The molecule has 0 aliphatic carbocycles. The van der Waals surface area contributed by atoms with Gasteiger partial charge in [-0.15, -0.1) is 0 Å². The predicted molar refractivity (Wildman–Crippen MR) is 103 cm³/mol. The summed E-state index contributed by atoms with van der Waals surface area (Å²) in [6, 6.07) is 5.14. The zero-order valence-electron chi connectivity index (χ0n) is 14.9. The molecule has 27 heavy (non-hydrogen) atoms. The third-order valence-electron chi connectivity index (χ3n) is 4.39. The number of methoxy groups -OCH3 is 1. The Morgan fingerprint density at radius 1 is 1.48 bits per heavy atom. The molecule has 1 aromatic carbocycles. The highest BCUT2D eigenvalue weighted by Crippen LogP contribution is 2.39. The van der Waals surface area contributed by atoms with Gasteiger partial charge in [-0.25, -0.2) is 4.98 Å². The van der Waals surface area contributed by atoms with Crippen molar-refractivity contribution in [3.63, 3.8) is 0 Å². The van der Waals surface area contributed by atoms with Crippen LogP contribution in [-0.2, 0) is 4.74 Å². The Balaban J connectivity index is 1.76. The van der Waals surface area contributed by atoms with E-state index in [1.54, 1.807) is 37.1 Å². The van der Waals surface area contributed by atoms with Gasteiger partial charge in [-0.3, -0.25) is 9.69 Å². The number of rotatable bonds is 5. The van der Waals surface area contributed by atoms with E-state index in [1.165, 1.54) is 11.3 Å². The number of benzene rings is 1. The Kier molecular flexibility index (Phi) is 5.03. The van der Waals surface area contributed by atoms with Gasteiger partial charge in [-0.1, -0.05) is 28.1 Å². The zero-order chi connectivity index (χ0) is 19.0. The molecule has 1 aliphatic rings. The molecule has 0 N–H and O–H groups in total. The van der Waals surface area contributed by atoms with Crippen molar-refractivity contribution < 1.29 is 18.8 Å². The molecule has 4 rings (SSSR count). The maximum atomic E-state index is 13.1. The first kappa shape index (κ1) is 18.2. The summed E-state index contributed by atoms with van der Waals surface area (Å²) >= 11 is 7.67. The number of amides is 1. The second-order valence-electron chi connectivity index (χ2n) is 6.31. The molecule has 1 fully saturated rings. The maximum Gasteiger partial charge on any atom is 0.298 e. The van der Waals surface area contributed by atoms with Crippen molar-refractivity contribution in [1.82, 2.24) is 10.1 Å². The van der Waals surface area contributed by atoms with Gasteiger partial charge in [0.15, 0.2) is 5.13 Å². The number of hydrogen-bond acceptors (Lipinski definition) is 7. The molecule has 2 aromatic heterocycles. The molecule has 1 amide bonds. The standard InChI is InChI=1S/C18H18ClN3O4S/c1-10-8-14(26-21-10)17(23)22(9-11-4-3-7-25-11)18-20-15-13(24-2)6-5-12(19)16(15)27-18/h5-6,8,11H,3-4,7,9H2,1-2H3/t11-/m0/s1. The molecule has 0 bridgehead atoms. The molecule has 1 atom stereocenters. The molecular formula is C18H18ClN3O4S. The number of thiazole rings is 1. The van der Waals surface area contributed by atoms with Gasteiger partial charge in [0.1, 0.15) is 11.3 Å². The van der Waals surface area contributed by atoms with Crippen LogP contribution in [0.4, 0.5) is 5.13 Å². The van der Waals surface area contributed by atoms with E-state index in [9.17, 15) is 4.79 Å². The Bertz CT molecular complexity index is 980. The van der Waals surface area contributed by atoms with Crippen LogP contribution in [0.1, 0.15) is 29.1 Å². The highest BCUT2D eigenvalue weighted by atomic mass is 35.5. The van der Waals surface area contributed by atoms with Gasteiger partial charge >= 0.3 is 0 Å². The van der Waals surface area contributed by atoms with Crippen molar-refractivity contribution in [2.45, 2.75) is 25.9 Å². The van der Waals surface area contributed by atoms with Crippen molar-refractivity contribution in [2.75, 3.05) is 25.2 Å². The fourth-order valence-corrected chi connectivity index (χ4v) is 4.32. The van der Waals surface area contributed by atoms with Gasteiger partial charge in [0, 0.05) is 12.7 Å². The first-order valence-electron chi connectivity index (χ1n) is 8.56. The van der Waals surface area contributed by atoms with Crippen molar-refractivity contribution in [2.24, 2.45) is 0 Å². The molecular weight excluding hydrogens is 390 g/mol. The monoisotopic (exact) mass is 407 g/mol. The lowest BCUT2D eigenvalue weighted by Gasteiger charge is -2.21. The van der Waals surface area contributed by atoms with Crippen molar-refractivity contribution >= 4 is 44.2 Å². The van der Waals surface area contributed by atoms with E-state index in [1.807, 2.05) is 0 Å². The summed E-state index contributed by atoms with van der Waals surface area (Å²) in [6.45, 7) is 2.86. The molecule has 1 saturated heterocycles. The number of ether oxygens (including phenoxy) is 2. The first-order chi connectivity index (χ1) is 13.1. The molecule has 9 heteroatoms. The Hall–Kier alpha value is -2.16. The summed E-state index contributed by atoms with van der Waals surface area (Å²) in [5, 5.41) is 4.90. The fraction of sp³-hybridized carbons (Fsp3) is 0.389. The van der Waals surface area contributed by atoms with Crippen molar-refractivity contribution in [3.8, 4) is 5.75 Å². The van der Waals surface area contributed by atoms with Gasteiger partial charge < -0.3 is 14.0 Å². The number of halogens is 1. The topological polar surface area (TPSA) is 77.7 Å². The molecule has 0 spiro atoms. The van der Waals surface area contributed by atoms with Gasteiger partial charge in [0.05, 0.1) is 35.2 Å². The second kappa shape index (κ2) is 7.46. The van der Waals surface area contributed by atoms with Gasteiger partial charge in [0.25, 0.3) is 5.91 Å².